The molecule has 4 heteroatoms. The molecule has 0 aliphatic rings. The first-order valence-corrected chi connectivity index (χ1v) is 5.48. The summed E-state index contributed by atoms with van der Waals surface area (Å²) in [6.45, 7) is 1.45. The van der Waals surface area contributed by atoms with Crippen LogP contribution in [-0.2, 0) is 6.61 Å². The van der Waals surface area contributed by atoms with E-state index < -0.39 is 0 Å². The van der Waals surface area contributed by atoms with Crippen molar-refractivity contribution in [1.29, 1.82) is 0 Å². The first kappa shape index (κ1) is 12.4. The summed E-state index contributed by atoms with van der Waals surface area (Å²) in [4.78, 5) is 16.0. The number of pyridine rings is 1. The monoisotopic (exact) mass is 245 g/mol. The van der Waals surface area contributed by atoms with Gasteiger partial charge in [0.15, 0.2) is 5.78 Å². The van der Waals surface area contributed by atoms with Crippen LogP contribution in [-0.4, -0.2) is 15.9 Å². The quantitative estimate of drug-likeness (QED) is 0.844. The molecule has 0 aliphatic carbocycles. The Hall–Kier alpha value is -2.07. The zero-order chi connectivity index (χ0) is 13.1. The molecule has 0 spiro atoms. The van der Waals surface area contributed by atoms with Gasteiger partial charge in [0.05, 0.1) is 12.3 Å². The van der Waals surface area contributed by atoms with Gasteiger partial charge in [0.1, 0.15) is 5.82 Å². The molecule has 0 bridgehead atoms. The number of hydrogen-bond acceptors (Lipinski definition) is 3. The number of ketones is 1. The molecular formula is C14H12FNO2. The van der Waals surface area contributed by atoms with E-state index in [1.54, 1.807) is 19.1 Å². The van der Waals surface area contributed by atoms with E-state index in [2.05, 4.69) is 4.98 Å². The standard InChI is InChI=1S/C14H12FNO2/c1-9-6-10(3-5-13(9)15)14(18)11-2-4-12(8-17)16-7-11/h2-7,17H,8H2,1H3. The fourth-order valence-corrected chi connectivity index (χ4v) is 1.60. The van der Waals surface area contributed by atoms with E-state index in [0.717, 1.165) is 0 Å². The molecule has 92 valence electrons. The smallest absolute Gasteiger partial charge is 0.194 e. The van der Waals surface area contributed by atoms with E-state index >= 15 is 0 Å². The minimum atomic E-state index is -0.333. The van der Waals surface area contributed by atoms with Crippen LogP contribution in [0.15, 0.2) is 36.5 Å². The molecule has 0 saturated heterocycles. The van der Waals surface area contributed by atoms with Crippen LogP contribution < -0.4 is 0 Å². The third kappa shape index (κ3) is 2.43. The minimum absolute atomic E-state index is 0.163. The van der Waals surface area contributed by atoms with Crippen molar-refractivity contribution in [2.75, 3.05) is 0 Å². The molecule has 1 aromatic heterocycles. The van der Waals surface area contributed by atoms with E-state index in [9.17, 15) is 9.18 Å². The molecule has 1 heterocycles. The number of nitrogens with zero attached hydrogens (tertiary/aromatic N) is 1. The third-order valence-corrected chi connectivity index (χ3v) is 2.67. The Bertz CT molecular complexity index is 579. The molecule has 1 aromatic carbocycles. The van der Waals surface area contributed by atoms with Crippen LogP contribution in [0.2, 0.25) is 0 Å². The number of carbonyl (C=O) groups excluding carboxylic acids is 1. The Balaban J connectivity index is 2.32. The molecule has 0 aliphatic heterocycles. The SMILES string of the molecule is Cc1cc(C(=O)c2ccc(CO)nc2)ccc1F. The van der Waals surface area contributed by atoms with Gasteiger partial charge in [-0.05, 0) is 42.8 Å². The van der Waals surface area contributed by atoms with Crippen molar-refractivity contribution in [3.8, 4) is 0 Å². The largest absolute Gasteiger partial charge is 0.390 e. The molecule has 0 radical (unpaired) electrons. The van der Waals surface area contributed by atoms with Crippen LogP contribution in [0.5, 0.6) is 0 Å². The lowest BCUT2D eigenvalue weighted by Gasteiger charge is -2.03. The summed E-state index contributed by atoms with van der Waals surface area (Å²) in [5.74, 6) is -0.546. The highest BCUT2D eigenvalue weighted by Crippen LogP contribution is 2.13. The molecule has 0 amide bonds. The fraction of sp³-hybridized carbons (Fsp3) is 0.143. The van der Waals surface area contributed by atoms with Crippen molar-refractivity contribution in [3.05, 3.63) is 64.7 Å². The number of carbonyl (C=O) groups is 1. The van der Waals surface area contributed by atoms with Gasteiger partial charge in [0.25, 0.3) is 0 Å². The van der Waals surface area contributed by atoms with Crippen molar-refractivity contribution in [2.45, 2.75) is 13.5 Å². The number of halogens is 1. The normalized spacial score (nSPS) is 10.4. The number of benzene rings is 1. The Kier molecular flexibility index (Phi) is 3.48. The van der Waals surface area contributed by atoms with E-state index in [4.69, 9.17) is 5.11 Å². The highest BCUT2D eigenvalue weighted by atomic mass is 19.1. The maximum Gasteiger partial charge on any atom is 0.194 e. The van der Waals surface area contributed by atoms with Gasteiger partial charge < -0.3 is 5.11 Å². The molecular weight excluding hydrogens is 233 g/mol. The highest BCUT2D eigenvalue weighted by Gasteiger charge is 2.10. The van der Waals surface area contributed by atoms with Gasteiger partial charge >= 0.3 is 0 Å². The molecule has 0 saturated carbocycles. The van der Waals surface area contributed by atoms with Crippen LogP contribution in [0.25, 0.3) is 0 Å². The molecule has 1 N–H and O–H groups in total. The summed E-state index contributed by atoms with van der Waals surface area (Å²) in [6.07, 6.45) is 1.41. The lowest BCUT2D eigenvalue weighted by Crippen LogP contribution is -2.03. The first-order valence-electron chi connectivity index (χ1n) is 5.48. The Morgan fingerprint density at radius 2 is 2.00 bits per heavy atom. The molecule has 0 unspecified atom stereocenters. The lowest BCUT2D eigenvalue weighted by atomic mass is 10.0. The first-order chi connectivity index (χ1) is 8.61. The zero-order valence-electron chi connectivity index (χ0n) is 9.85. The second kappa shape index (κ2) is 5.06. The fourth-order valence-electron chi connectivity index (χ4n) is 1.60. The average Bonchev–Trinajstić information content (AvgIpc) is 2.41. The molecule has 3 nitrogen and oxygen atoms in total. The molecule has 2 aromatic rings. The number of aliphatic hydroxyl groups is 1. The predicted molar refractivity (Wildman–Crippen MR) is 64.7 cm³/mol. The van der Waals surface area contributed by atoms with Crippen molar-refractivity contribution in [1.82, 2.24) is 4.98 Å². The summed E-state index contributed by atoms with van der Waals surface area (Å²) in [6, 6.07) is 7.42. The number of aliphatic hydroxyl groups excluding tert-OH is 1. The van der Waals surface area contributed by atoms with Gasteiger partial charge in [-0.15, -0.1) is 0 Å². The van der Waals surface area contributed by atoms with Crippen molar-refractivity contribution in [3.63, 3.8) is 0 Å². The van der Waals surface area contributed by atoms with Gasteiger partial charge in [0, 0.05) is 17.3 Å². The van der Waals surface area contributed by atoms with Gasteiger partial charge in [-0.2, -0.15) is 0 Å². The van der Waals surface area contributed by atoms with E-state index in [1.807, 2.05) is 0 Å². The summed E-state index contributed by atoms with van der Waals surface area (Å²) in [5, 5.41) is 8.86. The number of aromatic nitrogens is 1. The third-order valence-electron chi connectivity index (χ3n) is 2.67. The van der Waals surface area contributed by atoms with Gasteiger partial charge in [-0.25, -0.2) is 4.39 Å². The van der Waals surface area contributed by atoms with Crippen molar-refractivity contribution in [2.24, 2.45) is 0 Å². The summed E-state index contributed by atoms with van der Waals surface area (Å²) < 4.78 is 13.1. The molecule has 18 heavy (non-hydrogen) atoms. The van der Waals surface area contributed by atoms with Gasteiger partial charge in [0.2, 0.25) is 0 Å². The number of rotatable bonds is 3. The maximum atomic E-state index is 13.1. The Morgan fingerprint density at radius 3 is 2.56 bits per heavy atom. The highest BCUT2D eigenvalue weighted by molar-refractivity contribution is 6.08. The van der Waals surface area contributed by atoms with E-state index in [0.29, 0.717) is 22.4 Å². The van der Waals surface area contributed by atoms with Gasteiger partial charge in [-0.3, -0.25) is 9.78 Å². The van der Waals surface area contributed by atoms with E-state index in [1.165, 1.54) is 24.4 Å². The van der Waals surface area contributed by atoms with Crippen LogP contribution >= 0.6 is 0 Å². The molecule has 0 atom stereocenters. The van der Waals surface area contributed by atoms with E-state index in [-0.39, 0.29) is 18.2 Å². The summed E-state index contributed by atoms with van der Waals surface area (Å²) >= 11 is 0. The second-order valence-electron chi connectivity index (χ2n) is 3.99. The maximum absolute atomic E-state index is 13.1. The molecule has 2 rings (SSSR count). The van der Waals surface area contributed by atoms with Crippen LogP contribution in [0.3, 0.4) is 0 Å². The van der Waals surface area contributed by atoms with Crippen molar-refractivity contribution >= 4 is 5.78 Å². The zero-order valence-corrected chi connectivity index (χ0v) is 9.85. The van der Waals surface area contributed by atoms with Crippen LogP contribution in [0.1, 0.15) is 27.2 Å². The number of aryl methyl sites for hydroxylation is 1. The Morgan fingerprint density at radius 1 is 1.28 bits per heavy atom. The minimum Gasteiger partial charge on any atom is -0.390 e. The number of hydrogen-bond donors (Lipinski definition) is 1. The molecule has 0 fully saturated rings. The average molecular weight is 245 g/mol. The van der Waals surface area contributed by atoms with Gasteiger partial charge in [-0.1, -0.05) is 0 Å². The van der Waals surface area contributed by atoms with Crippen LogP contribution in [0.4, 0.5) is 4.39 Å². The summed E-state index contributed by atoms with van der Waals surface area (Å²) in [7, 11) is 0. The predicted octanol–water partition coefficient (Wildman–Crippen LogP) is 2.25. The van der Waals surface area contributed by atoms with Crippen LogP contribution in [0, 0.1) is 12.7 Å². The lowest BCUT2D eigenvalue weighted by molar-refractivity contribution is 0.103. The second-order valence-corrected chi connectivity index (χ2v) is 3.99. The topological polar surface area (TPSA) is 50.2 Å². The summed E-state index contributed by atoms with van der Waals surface area (Å²) in [5.41, 5.74) is 1.77. The van der Waals surface area contributed by atoms with Crippen molar-refractivity contribution < 1.29 is 14.3 Å². The Labute approximate surface area is 104 Å².